The van der Waals surface area contributed by atoms with Gasteiger partial charge < -0.3 is 0 Å². The van der Waals surface area contributed by atoms with Crippen molar-refractivity contribution in [1.82, 2.24) is 0 Å². The van der Waals surface area contributed by atoms with Crippen LogP contribution in [0.5, 0.6) is 0 Å². The third-order valence-electron chi connectivity index (χ3n) is 3.22. The topological polar surface area (TPSA) is 0 Å². The highest BCUT2D eigenvalue weighted by molar-refractivity contribution is 6.60. The van der Waals surface area contributed by atoms with Gasteiger partial charge in [-0.1, -0.05) is 104 Å². The minimum atomic E-state index is 0.0720. The molecule has 0 nitrogen and oxygen atoms in total. The molecule has 0 heterocycles. The van der Waals surface area contributed by atoms with E-state index in [0.29, 0.717) is 21.5 Å². The molecule has 9 heteroatoms. The van der Waals surface area contributed by atoms with Crippen LogP contribution >= 0.6 is 104 Å². The summed E-state index contributed by atoms with van der Waals surface area (Å²) in [4.78, 5) is 0. The van der Waals surface area contributed by atoms with Crippen molar-refractivity contribution in [2.24, 2.45) is 0 Å². The Morgan fingerprint density at radius 2 is 0.652 bits per heavy atom. The molecule has 0 fully saturated rings. The molecule has 0 aliphatic carbocycles. The average molecular weight is 487 g/mol. The summed E-state index contributed by atoms with van der Waals surface area (Å²) in [5.74, 6) is 0. The molecule has 1 radical (unpaired) electrons. The van der Waals surface area contributed by atoms with Crippen LogP contribution < -0.4 is 0 Å². The SMILES string of the molecule is Clc1c(Cl)c(Cl)c2c(Cl)c3c(Cl)c(Cl)c(Cl)c(Cl)c3[c]c2c1Cl. The Labute approximate surface area is 176 Å². The Morgan fingerprint density at radius 3 is 1.00 bits per heavy atom. The van der Waals surface area contributed by atoms with Crippen LogP contribution in [0.3, 0.4) is 0 Å². The van der Waals surface area contributed by atoms with Crippen LogP contribution in [-0.2, 0) is 0 Å². The van der Waals surface area contributed by atoms with E-state index in [1.165, 1.54) is 0 Å². The molecule has 3 aromatic carbocycles. The first kappa shape index (κ1) is 18.6. The summed E-state index contributed by atoms with van der Waals surface area (Å²) in [6, 6.07) is 3.00. The predicted octanol–water partition coefficient (Wildman–Crippen LogP) is 9.67. The molecule has 0 aromatic heterocycles. The molecule has 0 bridgehead atoms. The number of fused-ring (bicyclic) bond motifs is 2. The van der Waals surface area contributed by atoms with E-state index >= 15 is 0 Å². The standard InChI is InChI=1S/C14Cl9/c15-6-2-1-3-5(10(19)14(23)12(21)7(3)16)8(17)4(2)9(18)13(22)11(6)20. The normalized spacial score (nSPS) is 11.7. The maximum absolute atomic E-state index is 6.47. The van der Waals surface area contributed by atoms with E-state index in [0.717, 1.165) is 0 Å². The number of halogens is 9. The predicted molar refractivity (Wildman–Crippen MR) is 105 cm³/mol. The Kier molecular flexibility index (Phi) is 5.25. The van der Waals surface area contributed by atoms with Crippen molar-refractivity contribution >= 4 is 126 Å². The first-order chi connectivity index (χ1) is 10.7. The van der Waals surface area contributed by atoms with E-state index < -0.39 is 0 Å². The first-order valence-electron chi connectivity index (χ1n) is 5.70. The van der Waals surface area contributed by atoms with Gasteiger partial charge >= 0.3 is 0 Å². The highest BCUT2D eigenvalue weighted by atomic mass is 35.5. The number of benzene rings is 3. The van der Waals surface area contributed by atoms with E-state index in [4.69, 9.17) is 104 Å². The molecule has 0 unspecified atom stereocenters. The maximum Gasteiger partial charge on any atom is 0.0800 e. The molecule has 0 atom stereocenters. The molecular formula is C14Cl9. The van der Waals surface area contributed by atoms with Gasteiger partial charge in [-0.2, -0.15) is 0 Å². The van der Waals surface area contributed by atoms with Gasteiger partial charge in [0.15, 0.2) is 0 Å². The Morgan fingerprint density at radius 1 is 0.348 bits per heavy atom. The molecule has 0 N–H and O–H groups in total. The summed E-state index contributed by atoms with van der Waals surface area (Å²) in [7, 11) is 0. The van der Waals surface area contributed by atoms with Crippen LogP contribution in [0.25, 0.3) is 21.5 Å². The third-order valence-corrected chi connectivity index (χ3v) is 7.21. The quantitative estimate of drug-likeness (QED) is 0.168. The molecule has 0 saturated carbocycles. The monoisotopic (exact) mass is 483 g/mol. The summed E-state index contributed by atoms with van der Waals surface area (Å²) in [5.41, 5.74) is 0. The fourth-order valence-corrected chi connectivity index (χ4v) is 4.62. The number of hydrogen-bond donors (Lipinski definition) is 0. The van der Waals surface area contributed by atoms with Gasteiger partial charge in [-0.25, -0.2) is 0 Å². The molecule has 0 aliphatic rings. The lowest BCUT2D eigenvalue weighted by molar-refractivity contribution is 1.74. The van der Waals surface area contributed by atoms with Crippen LogP contribution in [-0.4, -0.2) is 0 Å². The lowest BCUT2D eigenvalue weighted by Crippen LogP contribution is -1.89. The van der Waals surface area contributed by atoms with Crippen LogP contribution in [0.4, 0.5) is 0 Å². The van der Waals surface area contributed by atoms with Crippen molar-refractivity contribution in [3.63, 3.8) is 0 Å². The fraction of sp³-hybridized carbons (Fsp3) is 0. The highest BCUT2D eigenvalue weighted by Crippen LogP contribution is 2.51. The molecule has 23 heavy (non-hydrogen) atoms. The van der Waals surface area contributed by atoms with Gasteiger partial charge in [0, 0.05) is 27.6 Å². The Hall–Kier alpha value is 0.790. The van der Waals surface area contributed by atoms with Gasteiger partial charge in [0.1, 0.15) is 0 Å². The second-order valence-electron chi connectivity index (χ2n) is 4.45. The molecule has 119 valence electrons. The zero-order valence-corrected chi connectivity index (χ0v) is 17.2. The summed E-state index contributed by atoms with van der Waals surface area (Å²) in [6.07, 6.45) is 0. The Balaban J connectivity index is 2.73. The zero-order valence-electron chi connectivity index (χ0n) is 10.4. The van der Waals surface area contributed by atoms with Crippen LogP contribution in [0, 0.1) is 6.07 Å². The van der Waals surface area contributed by atoms with Crippen molar-refractivity contribution in [3.8, 4) is 0 Å². The van der Waals surface area contributed by atoms with E-state index in [9.17, 15) is 0 Å². The molecule has 0 aliphatic heterocycles. The lowest BCUT2D eigenvalue weighted by atomic mass is 10.0. The van der Waals surface area contributed by atoms with Gasteiger partial charge in [-0.15, -0.1) is 0 Å². The second-order valence-corrected chi connectivity index (χ2v) is 7.85. The zero-order chi connectivity index (χ0) is 17.2. The van der Waals surface area contributed by atoms with Gasteiger partial charge in [-0.05, 0) is 0 Å². The number of rotatable bonds is 0. The summed E-state index contributed by atoms with van der Waals surface area (Å²) < 4.78 is 0. The highest BCUT2D eigenvalue weighted by Gasteiger charge is 2.24. The smallest absolute Gasteiger partial charge is 0.0800 e. The Bertz CT molecular complexity index is 929. The van der Waals surface area contributed by atoms with E-state index in [2.05, 4.69) is 6.07 Å². The summed E-state index contributed by atoms with van der Waals surface area (Å²) >= 11 is 55.8. The second kappa shape index (κ2) is 6.50. The molecule has 0 saturated heterocycles. The lowest BCUT2D eigenvalue weighted by Gasteiger charge is -2.15. The van der Waals surface area contributed by atoms with Crippen LogP contribution in [0.1, 0.15) is 0 Å². The molecule has 3 aromatic rings. The van der Waals surface area contributed by atoms with Crippen molar-refractivity contribution in [1.29, 1.82) is 0 Å². The molecule has 0 amide bonds. The van der Waals surface area contributed by atoms with Crippen molar-refractivity contribution < 1.29 is 0 Å². The molecule has 0 spiro atoms. The van der Waals surface area contributed by atoms with Crippen molar-refractivity contribution in [2.75, 3.05) is 0 Å². The number of hydrogen-bond acceptors (Lipinski definition) is 0. The third kappa shape index (κ3) is 2.67. The van der Waals surface area contributed by atoms with Crippen molar-refractivity contribution in [2.45, 2.75) is 0 Å². The minimum Gasteiger partial charge on any atom is -0.0829 e. The van der Waals surface area contributed by atoms with Crippen molar-refractivity contribution in [3.05, 3.63) is 51.3 Å². The van der Waals surface area contributed by atoms with Gasteiger partial charge in [0.25, 0.3) is 0 Å². The van der Waals surface area contributed by atoms with Crippen LogP contribution in [0.2, 0.25) is 45.2 Å². The summed E-state index contributed by atoms with van der Waals surface area (Å²) in [5, 5.41) is 2.38. The van der Waals surface area contributed by atoms with Gasteiger partial charge in [0.05, 0.1) is 45.2 Å². The van der Waals surface area contributed by atoms with Gasteiger partial charge in [0.2, 0.25) is 0 Å². The molecule has 3 rings (SSSR count). The van der Waals surface area contributed by atoms with Crippen LogP contribution in [0.15, 0.2) is 0 Å². The largest absolute Gasteiger partial charge is 0.0829 e. The molecular weight excluding hydrogens is 487 g/mol. The summed E-state index contributed by atoms with van der Waals surface area (Å²) in [6.45, 7) is 0. The van der Waals surface area contributed by atoms with E-state index in [-0.39, 0.29) is 45.2 Å². The average Bonchev–Trinajstić information content (AvgIpc) is 2.53. The minimum absolute atomic E-state index is 0.0720. The first-order valence-corrected chi connectivity index (χ1v) is 9.10. The van der Waals surface area contributed by atoms with E-state index in [1.54, 1.807) is 0 Å². The van der Waals surface area contributed by atoms with E-state index in [1.807, 2.05) is 0 Å². The van der Waals surface area contributed by atoms with Gasteiger partial charge in [-0.3, -0.25) is 0 Å². The fourth-order valence-electron chi connectivity index (χ4n) is 2.16. The maximum atomic E-state index is 6.47.